The summed E-state index contributed by atoms with van der Waals surface area (Å²) in [5, 5.41) is 4.27. The summed E-state index contributed by atoms with van der Waals surface area (Å²) >= 11 is 0. The Labute approximate surface area is 141 Å². The van der Waals surface area contributed by atoms with Gasteiger partial charge in [-0.2, -0.15) is 5.10 Å². The van der Waals surface area contributed by atoms with Crippen molar-refractivity contribution in [1.82, 2.24) is 14.7 Å². The Hall–Kier alpha value is -1.57. The molecule has 1 aromatic carbocycles. The van der Waals surface area contributed by atoms with Gasteiger partial charge < -0.3 is 10.6 Å². The molecule has 2 aromatic rings. The fraction of sp³-hybridized carbons (Fsp3) is 0.333. The number of nitrogens with zero attached hydrogens (tertiary/aromatic N) is 4. The van der Waals surface area contributed by atoms with Crippen molar-refractivity contribution in [2.75, 3.05) is 7.05 Å². The minimum atomic E-state index is 0. The normalized spacial score (nSPS) is 14.6. The van der Waals surface area contributed by atoms with Crippen molar-refractivity contribution in [3.63, 3.8) is 0 Å². The molecular weight excluding hydrogens is 377 g/mol. The Morgan fingerprint density at radius 2 is 2.14 bits per heavy atom. The zero-order valence-electron chi connectivity index (χ0n) is 12.0. The molecule has 0 atom stereocenters. The molecule has 0 saturated heterocycles. The van der Waals surface area contributed by atoms with Crippen molar-refractivity contribution in [1.29, 1.82) is 0 Å². The molecule has 1 saturated carbocycles. The Morgan fingerprint density at radius 3 is 2.81 bits per heavy atom. The van der Waals surface area contributed by atoms with E-state index >= 15 is 0 Å². The maximum atomic E-state index is 6.03. The molecule has 1 heterocycles. The fourth-order valence-corrected chi connectivity index (χ4v) is 2.21. The van der Waals surface area contributed by atoms with Crippen molar-refractivity contribution in [2.24, 2.45) is 10.7 Å². The number of halogens is 1. The summed E-state index contributed by atoms with van der Waals surface area (Å²) in [7, 11) is 2.01. The number of para-hydroxylation sites is 1. The lowest BCUT2D eigenvalue weighted by Gasteiger charge is -2.17. The third-order valence-corrected chi connectivity index (χ3v) is 3.61. The minimum absolute atomic E-state index is 0. The molecule has 112 valence electrons. The van der Waals surface area contributed by atoms with Crippen LogP contribution in [-0.4, -0.2) is 33.7 Å². The monoisotopic (exact) mass is 397 g/mol. The molecule has 0 bridgehead atoms. The molecule has 21 heavy (non-hydrogen) atoms. The van der Waals surface area contributed by atoms with Crippen molar-refractivity contribution in [3.05, 3.63) is 48.3 Å². The van der Waals surface area contributed by atoms with Crippen LogP contribution in [0.3, 0.4) is 0 Å². The first-order valence-electron chi connectivity index (χ1n) is 6.86. The summed E-state index contributed by atoms with van der Waals surface area (Å²) in [6, 6.07) is 10.6. The molecule has 1 fully saturated rings. The van der Waals surface area contributed by atoms with Gasteiger partial charge in [-0.05, 0) is 30.5 Å². The number of guanidine groups is 1. The lowest BCUT2D eigenvalue weighted by molar-refractivity contribution is 0.487. The quantitative estimate of drug-likeness (QED) is 0.490. The highest BCUT2D eigenvalue weighted by atomic mass is 127. The molecular formula is C15H20IN5. The van der Waals surface area contributed by atoms with E-state index < -0.39 is 0 Å². The van der Waals surface area contributed by atoms with Crippen molar-refractivity contribution in [2.45, 2.75) is 25.4 Å². The smallest absolute Gasteiger partial charge is 0.191 e. The van der Waals surface area contributed by atoms with Gasteiger partial charge in [-0.15, -0.1) is 24.0 Å². The highest BCUT2D eigenvalue weighted by molar-refractivity contribution is 14.0. The number of hydrogen-bond acceptors (Lipinski definition) is 2. The summed E-state index contributed by atoms with van der Waals surface area (Å²) in [6.45, 7) is 0.568. The number of aliphatic imine (C=N–C) groups is 1. The molecule has 3 rings (SSSR count). The molecule has 6 heteroatoms. The van der Waals surface area contributed by atoms with Crippen LogP contribution >= 0.6 is 24.0 Å². The topological polar surface area (TPSA) is 59.4 Å². The molecule has 0 aliphatic heterocycles. The van der Waals surface area contributed by atoms with Gasteiger partial charge in [0.2, 0.25) is 0 Å². The van der Waals surface area contributed by atoms with Gasteiger partial charge >= 0.3 is 0 Å². The molecule has 5 nitrogen and oxygen atoms in total. The van der Waals surface area contributed by atoms with E-state index in [0.717, 1.165) is 11.3 Å². The van der Waals surface area contributed by atoms with Crippen LogP contribution in [0.5, 0.6) is 0 Å². The number of benzene rings is 1. The van der Waals surface area contributed by atoms with E-state index in [1.807, 2.05) is 42.2 Å². The lowest BCUT2D eigenvalue weighted by Crippen LogP contribution is -2.35. The van der Waals surface area contributed by atoms with E-state index in [2.05, 4.69) is 21.1 Å². The molecule has 0 spiro atoms. The van der Waals surface area contributed by atoms with Crippen LogP contribution in [0.1, 0.15) is 18.4 Å². The van der Waals surface area contributed by atoms with Gasteiger partial charge in [-0.25, -0.2) is 9.67 Å². The maximum Gasteiger partial charge on any atom is 0.191 e. The molecule has 1 aliphatic rings. The highest BCUT2D eigenvalue weighted by Gasteiger charge is 2.27. The van der Waals surface area contributed by atoms with Crippen LogP contribution in [0.25, 0.3) is 5.69 Å². The van der Waals surface area contributed by atoms with Crippen LogP contribution in [0.2, 0.25) is 0 Å². The predicted molar refractivity (Wildman–Crippen MR) is 95.1 cm³/mol. The average molecular weight is 397 g/mol. The molecule has 0 radical (unpaired) electrons. The third-order valence-electron chi connectivity index (χ3n) is 3.61. The van der Waals surface area contributed by atoms with Gasteiger partial charge in [0.1, 0.15) is 0 Å². The summed E-state index contributed by atoms with van der Waals surface area (Å²) in [5.41, 5.74) is 8.19. The van der Waals surface area contributed by atoms with Crippen LogP contribution in [0.15, 0.2) is 47.7 Å². The van der Waals surface area contributed by atoms with Crippen LogP contribution in [-0.2, 0) is 6.54 Å². The molecule has 2 N–H and O–H groups in total. The van der Waals surface area contributed by atoms with E-state index in [-0.39, 0.29) is 24.0 Å². The van der Waals surface area contributed by atoms with E-state index in [0.29, 0.717) is 18.5 Å². The lowest BCUT2D eigenvalue weighted by atomic mass is 10.2. The number of hydrogen-bond donors (Lipinski definition) is 1. The fourth-order valence-electron chi connectivity index (χ4n) is 2.21. The maximum absolute atomic E-state index is 6.03. The predicted octanol–water partition coefficient (Wildman–Crippen LogP) is 2.40. The average Bonchev–Trinajstić information content (AvgIpc) is 3.19. The van der Waals surface area contributed by atoms with Gasteiger partial charge in [-0.1, -0.05) is 18.2 Å². The Kier molecular flexibility index (Phi) is 5.22. The zero-order valence-corrected chi connectivity index (χ0v) is 14.3. The Morgan fingerprint density at radius 1 is 1.38 bits per heavy atom. The van der Waals surface area contributed by atoms with Gasteiger partial charge in [0.25, 0.3) is 0 Å². The first-order valence-corrected chi connectivity index (χ1v) is 6.86. The second kappa shape index (κ2) is 6.93. The molecule has 1 aliphatic carbocycles. The largest absolute Gasteiger partial charge is 0.370 e. The SMILES string of the molecule is CN(C(N)=NCc1ccccc1-n1cccn1)C1CC1.I. The second-order valence-electron chi connectivity index (χ2n) is 5.10. The van der Waals surface area contributed by atoms with Crippen LogP contribution in [0, 0.1) is 0 Å². The molecule has 0 amide bonds. The van der Waals surface area contributed by atoms with Crippen LogP contribution in [0.4, 0.5) is 0 Å². The van der Waals surface area contributed by atoms with Crippen molar-refractivity contribution in [3.8, 4) is 5.69 Å². The van der Waals surface area contributed by atoms with Crippen molar-refractivity contribution >= 4 is 29.9 Å². The Bertz CT molecular complexity index is 604. The van der Waals surface area contributed by atoms with E-state index in [9.17, 15) is 0 Å². The third kappa shape index (κ3) is 3.75. The Balaban J connectivity index is 0.00000161. The van der Waals surface area contributed by atoms with E-state index in [4.69, 9.17) is 5.73 Å². The number of rotatable bonds is 4. The van der Waals surface area contributed by atoms with Gasteiger partial charge in [0.15, 0.2) is 5.96 Å². The second-order valence-corrected chi connectivity index (χ2v) is 5.10. The van der Waals surface area contributed by atoms with Crippen LogP contribution < -0.4 is 5.73 Å². The van der Waals surface area contributed by atoms with Gasteiger partial charge in [0.05, 0.1) is 12.2 Å². The summed E-state index contributed by atoms with van der Waals surface area (Å²) in [6.07, 6.45) is 6.14. The summed E-state index contributed by atoms with van der Waals surface area (Å²) in [4.78, 5) is 6.57. The first-order chi connectivity index (χ1) is 9.75. The molecule has 0 unspecified atom stereocenters. The summed E-state index contributed by atoms with van der Waals surface area (Å²) < 4.78 is 1.85. The van der Waals surface area contributed by atoms with Gasteiger partial charge in [0, 0.05) is 25.5 Å². The number of nitrogens with two attached hydrogens (primary N) is 1. The van der Waals surface area contributed by atoms with Gasteiger partial charge in [-0.3, -0.25) is 0 Å². The standard InChI is InChI=1S/C15H19N5.HI/c1-19(13-7-8-13)15(16)17-11-12-5-2-3-6-14(12)20-10-4-9-18-20;/h2-6,9-10,13H,7-8,11H2,1H3,(H2,16,17);1H. The van der Waals surface area contributed by atoms with E-state index in [1.165, 1.54) is 12.8 Å². The van der Waals surface area contributed by atoms with E-state index in [1.54, 1.807) is 6.20 Å². The minimum Gasteiger partial charge on any atom is -0.370 e. The summed E-state index contributed by atoms with van der Waals surface area (Å²) in [5.74, 6) is 0.614. The zero-order chi connectivity index (χ0) is 13.9. The molecule has 1 aromatic heterocycles. The first kappa shape index (κ1) is 15.8. The highest BCUT2D eigenvalue weighted by Crippen LogP contribution is 2.25. The number of aromatic nitrogens is 2. The van der Waals surface area contributed by atoms with Crippen molar-refractivity contribution < 1.29 is 0 Å².